The normalized spacial score (nSPS) is 15.8. The van der Waals surface area contributed by atoms with Gasteiger partial charge in [-0.1, -0.05) is 0 Å². The molecule has 1 amide bonds. The summed E-state index contributed by atoms with van der Waals surface area (Å²) in [5.74, 6) is 1.50. The van der Waals surface area contributed by atoms with Gasteiger partial charge in [0.2, 0.25) is 5.75 Å². The van der Waals surface area contributed by atoms with E-state index >= 15 is 0 Å². The zero-order chi connectivity index (χ0) is 22.5. The summed E-state index contributed by atoms with van der Waals surface area (Å²) in [5, 5.41) is 12.6. The van der Waals surface area contributed by atoms with Gasteiger partial charge in [0.05, 0.1) is 33.0 Å². The van der Waals surface area contributed by atoms with Crippen LogP contribution in [0.2, 0.25) is 0 Å². The molecular formula is C22H23N3O5S. The molecule has 1 heterocycles. The first-order valence-corrected chi connectivity index (χ1v) is 9.89. The summed E-state index contributed by atoms with van der Waals surface area (Å²) in [5.41, 5.74) is 1.28. The quantitative estimate of drug-likeness (QED) is 0.636. The van der Waals surface area contributed by atoms with Gasteiger partial charge in [0.15, 0.2) is 11.5 Å². The number of amides is 1. The Morgan fingerprint density at radius 3 is 2.19 bits per heavy atom. The van der Waals surface area contributed by atoms with Crippen LogP contribution >= 0.6 is 12.6 Å². The van der Waals surface area contributed by atoms with Crippen LogP contribution in [0, 0.1) is 11.3 Å². The van der Waals surface area contributed by atoms with Gasteiger partial charge in [-0.3, -0.25) is 4.79 Å². The van der Waals surface area contributed by atoms with Gasteiger partial charge in [-0.2, -0.15) is 5.26 Å². The van der Waals surface area contributed by atoms with E-state index in [0.717, 1.165) is 0 Å². The second-order valence-electron chi connectivity index (χ2n) is 6.44. The predicted molar refractivity (Wildman–Crippen MR) is 119 cm³/mol. The Balaban J connectivity index is 2.16. The number of nitrogens with one attached hydrogen (secondary N) is 1. The van der Waals surface area contributed by atoms with Crippen LogP contribution in [-0.4, -0.2) is 33.8 Å². The third kappa shape index (κ3) is 4.20. The third-order valence-electron chi connectivity index (χ3n) is 4.75. The molecular weight excluding hydrogens is 418 g/mol. The van der Waals surface area contributed by atoms with Gasteiger partial charge in [-0.05, 0) is 43.3 Å². The third-order valence-corrected chi connectivity index (χ3v) is 5.18. The molecule has 3 rings (SSSR count). The van der Waals surface area contributed by atoms with Crippen molar-refractivity contribution >= 4 is 24.2 Å². The maximum absolute atomic E-state index is 12.6. The fourth-order valence-corrected chi connectivity index (χ4v) is 3.72. The molecule has 1 aliphatic heterocycles. The molecule has 0 spiro atoms. The number of ether oxygens (including phenoxy) is 4. The zero-order valence-corrected chi connectivity index (χ0v) is 18.5. The van der Waals surface area contributed by atoms with Crippen LogP contribution in [0.4, 0.5) is 5.69 Å². The van der Waals surface area contributed by atoms with E-state index < -0.39 is 12.1 Å². The lowest BCUT2D eigenvalue weighted by Crippen LogP contribution is -2.46. The summed E-state index contributed by atoms with van der Waals surface area (Å²) in [6.07, 6.45) is -0.677. The first-order chi connectivity index (χ1) is 15.0. The topological polar surface area (TPSA) is 93.1 Å². The van der Waals surface area contributed by atoms with Crippen LogP contribution in [0.3, 0.4) is 0 Å². The molecule has 0 bridgehead atoms. The number of carbonyl (C=O) groups excluding carboxylic acids is 1. The van der Waals surface area contributed by atoms with Crippen LogP contribution in [0.5, 0.6) is 23.0 Å². The molecule has 162 valence electrons. The number of hydrogen-bond donors (Lipinski definition) is 2. The molecule has 0 saturated heterocycles. The van der Waals surface area contributed by atoms with E-state index in [9.17, 15) is 10.1 Å². The molecule has 8 nitrogen and oxygen atoms in total. The first kappa shape index (κ1) is 22.2. The lowest BCUT2D eigenvalue weighted by Gasteiger charge is -2.38. The van der Waals surface area contributed by atoms with Gasteiger partial charge in [-0.15, -0.1) is 12.6 Å². The highest BCUT2D eigenvalue weighted by Crippen LogP contribution is 2.43. The fourth-order valence-electron chi connectivity index (χ4n) is 3.34. The van der Waals surface area contributed by atoms with Crippen LogP contribution in [0.1, 0.15) is 18.7 Å². The predicted octanol–water partition coefficient (Wildman–Crippen LogP) is 3.41. The number of thiol groups is 1. The Kier molecular flexibility index (Phi) is 6.82. The molecule has 0 aliphatic carbocycles. The van der Waals surface area contributed by atoms with E-state index in [-0.39, 0.29) is 10.6 Å². The molecule has 0 fully saturated rings. The van der Waals surface area contributed by atoms with Crippen molar-refractivity contribution in [3.63, 3.8) is 0 Å². The van der Waals surface area contributed by atoms with Crippen LogP contribution in [0.25, 0.3) is 0 Å². The average molecular weight is 442 g/mol. The van der Waals surface area contributed by atoms with Gasteiger partial charge in [0.1, 0.15) is 23.6 Å². The first-order valence-electron chi connectivity index (χ1n) is 9.45. The number of anilines is 1. The minimum Gasteiger partial charge on any atom is -0.494 e. The molecule has 31 heavy (non-hydrogen) atoms. The Bertz CT molecular complexity index is 1020. The molecule has 0 saturated carbocycles. The van der Waals surface area contributed by atoms with Crippen molar-refractivity contribution in [2.75, 3.05) is 32.8 Å². The van der Waals surface area contributed by atoms with Crippen molar-refractivity contribution in [2.24, 2.45) is 0 Å². The number of nitriles is 1. The Morgan fingerprint density at radius 2 is 1.71 bits per heavy atom. The summed E-state index contributed by atoms with van der Waals surface area (Å²) in [6, 6.07) is 12.7. The zero-order valence-electron chi connectivity index (χ0n) is 17.6. The van der Waals surface area contributed by atoms with Crippen molar-refractivity contribution in [3.8, 4) is 29.1 Å². The van der Waals surface area contributed by atoms with Gasteiger partial charge in [0.25, 0.3) is 5.91 Å². The maximum atomic E-state index is 12.6. The number of rotatable bonds is 7. The second kappa shape index (κ2) is 9.53. The Labute approximate surface area is 186 Å². The molecule has 1 N–H and O–H groups in total. The number of nitrogens with zero attached hydrogens (tertiary/aromatic N) is 2. The largest absolute Gasteiger partial charge is 0.494 e. The Morgan fingerprint density at radius 1 is 1.10 bits per heavy atom. The summed E-state index contributed by atoms with van der Waals surface area (Å²) >= 11 is 4.52. The molecule has 0 radical (unpaired) electrons. The van der Waals surface area contributed by atoms with E-state index in [4.69, 9.17) is 18.9 Å². The minimum atomic E-state index is -0.677. The molecule has 1 unspecified atom stereocenters. The number of carbonyl (C=O) groups is 1. The summed E-state index contributed by atoms with van der Waals surface area (Å²) in [4.78, 5) is 14.3. The minimum absolute atomic E-state index is 0.0825. The summed E-state index contributed by atoms with van der Waals surface area (Å²) in [6.45, 7) is 2.45. The fraction of sp³-hybridized carbons (Fsp3) is 0.273. The SMILES string of the molecule is CCOc1ccc(N2C(S)=C(C#N)C(=O)NC2c2cc(OC)c(OC)c(OC)c2)cc1. The maximum Gasteiger partial charge on any atom is 0.266 e. The Hall–Kier alpha value is -3.51. The monoisotopic (exact) mass is 441 g/mol. The average Bonchev–Trinajstić information content (AvgIpc) is 2.78. The number of hydrogen-bond acceptors (Lipinski definition) is 8. The highest BCUT2D eigenvalue weighted by molar-refractivity contribution is 7.84. The molecule has 1 atom stereocenters. The number of benzene rings is 2. The summed E-state index contributed by atoms with van der Waals surface area (Å²) in [7, 11) is 4.55. The van der Waals surface area contributed by atoms with Crippen molar-refractivity contribution in [2.45, 2.75) is 13.1 Å². The van der Waals surface area contributed by atoms with Crippen molar-refractivity contribution in [1.82, 2.24) is 5.32 Å². The lowest BCUT2D eigenvalue weighted by atomic mass is 10.1. The number of methoxy groups -OCH3 is 3. The van der Waals surface area contributed by atoms with Gasteiger partial charge >= 0.3 is 0 Å². The van der Waals surface area contributed by atoms with E-state index in [1.807, 2.05) is 37.3 Å². The molecule has 9 heteroatoms. The van der Waals surface area contributed by atoms with Crippen molar-refractivity contribution in [1.29, 1.82) is 5.26 Å². The molecule has 0 aromatic heterocycles. The lowest BCUT2D eigenvalue weighted by molar-refractivity contribution is -0.118. The van der Waals surface area contributed by atoms with Crippen LogP contribution in [0.15, 0.2) is 47.0 Å². The smallest absolute Gasteiger partial charge is 0.266 e. The molecule has 2 aromatic rings. The van der Waals surface area contributed by atoms with E-state index in [2.05, 4.69) is 17.9 Å². The highest BCUT2D eigenvalue weighted by Gasteiger charge is 2.35. The van der Waals surface area contributed by atoms with E-state index in [1.165, 1.54) is 21.3 Å². The van der Waals surface area contributed by atoms with Gasteiger partial charge in [-0.25, -0.2) is 0 Å². The van der Waals surface area contributed by atoms with Crippen molar-refractivity contribution < 1.29 is 23.7 Å². The molecule has 2 aromatic carbocycles. The molecule has 1 aliphatic rings. The van der Waals surface area contributed by atoms with Crippen LogP contribution < -0.4 is 29.2 Å². The standard InChI is InChI=1S/C22H23N3O5S/c1-5-30-15-8-6-14(7-9-15)25-20(24-21(26)16(12-23)22(25)31)13-10-17(27-2)19(29-4)18(11-13)28-3/h6-11,20,31H,5H2,1-4H3,(H,24,26). The van der Waals surface area contributed by atoms with E-state index in [1.54, 1.807) is 17.0 Å². The van der Waals surface area contributed by atoms with Gasteiger partial charge in [0, 0.05) is 11.3 Å². The highest BCUT2D eigenvalue weighted by atomic mass is 32.1. The summed E-state index contributed by atoms with van der Waals surface area (Å²) < 4.78 is 21.8. The van der Waals surface area contributed by atoms with E-state index in [0.29, 0.717) is 40.9 Å². The van der Waals surface area contributed by atoms with Crippen LogP contribution in [-0.2, 0) is 4.79 Å². The van der Waals surface area contributed by atoms with Crippen molar-refractivity contribution in [3.05, 3.63) is 52.6 Å². The second-order valence-corrected chi connectivity index (χ2v) is 6.87. The van der Waals surface area contributed by atoms with Gasteiger partial charge < -0.3 is 29.2 Å².